The molecular weight excluding hydrogens is 250 g/mol. The van der Waals surface area contributed by atoms with Crippen LogP contribution in [0.4, 0.5) is 0 Å². The number of aryl methyl sites for hydroxylation is 1. The first-order valence-electron chi connectivity index (χ1n) is 6.85. The summed E-state index contributed by atoms with van der Waals surface area (Å²) in [5.41, 5.74) is 10.9. The predicted octanol–water partition coefficient (Wildman–Crippen LogP) is 2.99. The van der Waals surface area contributed by atoms with E-state index in [0.717, 1.165) is 35.7 Å². The van der Waals surface area contributed by atoms with E-state index in [1.807, 2.05) is 24.3 Å². The highest BCUT2D eigenvalue weighted by Crippen LogP contribution is 2.37. The second-order valence-corrected chi connectivity index (χ2v) is 5.16. The topological polar surface area (TPSA) is 44.5 Å². The summed E-state index contributed by atoms with van der Waals surface area (Å²) < 4.78 is 11.2. The van der Waals surface area contributed by atoms with Crippen molar-refractivity contribution in [1.29, 1.82) is 0 Å². The van der Waals surface area contributed by atoms with Gasteiger partial charge in [-0.25, -0.2) is 0 Å². The lowest BCUT2D eigenvalue weighted by molar-refractivity contribution is 0.352. The Labute approximate surface area is 119 Å². The third-order valence-corrected chi connectivity index (χ3v) is 3.80. The summed E-state index contributed by atoms with van der Waals surface area (Å²) in [6.07, 6.45) is 0.959. The van der Waals surface area contributed by atoms with Crippen molar-refractivity contribution in [2.75, 3.05) is 13.7 Å². The molecule has 0 aliphatic carbocycles. The summed E-state index contributed by atoms with van der Waals surface area (Å²) >= 11 is 0. The SMILES string of the molecule is COc1ccc(C)cc1C(N)c1cccc2c1OCC2. The van der Waals surface area contributed by atoms with E-state index in [0.29, 0.717) is 0 Å². The lowest BCUT2D eigenvalue weighted by Crippen LogP contribution is -2.14. The highest BCUT2D eigenvalue weighted by molar-refractivity contribution is 5.51. The minimum atomic E-state index is -0.238. The van der Waals surface area contributed by atoms with Gasteiger partial charge < -0.3 is 15.2 Å². The monoisotopic (exact) mass is 269 g/mol. The van der Waals surface area contributed by atoms with E-state index in [1.165, 1.54) is 11.1 Å². The van der Waals surface area contributed by atoms with E-state index >= 15 is 0 Å². The fourth-order valence-corrected chi connectivity index (χ4v) is 2.75. The number of hydrogen-bond acceptors (Lipinski definition) is 3. The van der Waals surface area contributed by atoms with Gasteiger partial charge in [0.1, 0.15) is 11.5 Å². The van der Waals surface area contributed by atoms with Crippen LogP contribution in [0.25, 0.3) is 0 Å². The maximum Gasteiger partial charge on any atom is 0.127 e. The minimum Gasteiger partial charge on any atom is -0.496 e. The molecule has 1 atom stereocenters. The van der Waals surface area contributed by atoms with Crippen LogP contribution < -0.4 is 15.2 Å². The summed E-state index contributed by atoms with van der Waals surface area (Å²) in [5.74, 6) is 1.77. The Kier molecular flexibility index (Phi) is 3.36. The Morgan fingerprint density at radius 2 is 2.05 bits per heavy atom. The quantitative estimate of drug-likeness (QED) is 0.931. The first kappa shape index (κ1) is 13.0. The molecule has 0 saturated carbocycles. The van der Waals surface area contributed by atoms with Crippen molar-refractivity contribution >= 4 is 0 Å². The number of nitrogens with two attached hydrogens (primary N) is 1. The van der Waals surface area contributed by atoms with Crippen LogP contribution in [0.5, 0.6) is 11.5 Å². The van der Waals surface area contributed by atoms with Gasteiger partial charge in [0.05, 0.1) is 19.8 Å². The van der Waals surface area contributed by atoms with Gasteiger partial charge in [-0.2, -0.15) is 0 Å². The van der Waals surface area contributed by atoms with Crippen molar-refractivity contribution < 1.29 is 9.47 Å². The fraction of sp³-hybridized carbons (Fsp3) is 0.294. The largest absolute Gasteiger partial charge is 0.496 e. The van der Waals surface area contributed by atoms with Crippen molar-refractivity contribution in [3.05, 3.63) is 58.7 Å². The summed E-state index contributed by atoms with van der Waals surface area (Å²) in [4.78, 5) is 0. The van der Waals surface area contributed by atoms with E-state index in [1.54, 1.807) is 7.11 Å². The summed E-state index contributed by atoms with van der Waals surface area (Å²) in [7, 11) is 1.67. The normalized spacial score (nSPS) is 14.6. The average Bonchev–Trinajstić information content (AvgIpc) is 2.94. The molecule has 104 valence electrons. The van der Waals surface area contributed by atoms with E-state index < -0.39 is 0 Å². The molecule has 0 fully saturated rings. The zero-order valence-electron chi connectivity index (χ0n) is 11.8. The maximum absolute atomic E-state index is 6.47. The van der Waals surface area contributed by atoms with Gasteiger partial charge >= 0.3 is 0 Å². The van der Waals surface area contributed by atoms with Gasteiger partial charge in [-0.05, 0) is 18.6 Å². The average molecular weight is 269 g/mol. The van der Waals surface area contributed by atoms with Crippen LogP contribution in [0.3, 0.4) is 0 Å². The molecule has 2 aromatic carbocycles. The van der Waals surface area contributed by atoms with E-state index in [-0.39, 0.29) is 6.04 Å². The number of rotatable bonds is 3. The molecule has 0 radical (unpaired) electrons. The van der Waals surface area contributed by atoms with Gasteiger partial charge in [-0.15, -0.1) is 0 Å². The number of methoxy groups -OCH3 is 1. The molecule has 20 heavy (non-hydrogen) atoms. The van der Waals surface area contributed by atoms with Crippen LogP contribution >= 0.6 is 0 Å². The highest BCUT2D eigenvalue weighted by atomic mass is 16.5. The molecule has 3 nitrogen and oxygen atoms in total. The number of benzene rings is 2. The second-order valence-electron chi connectivity index (χ2n) is 5.16. The first-order chi connectivity index (χ1) is 9.70. The molecule has 0 spiro atoms. The van der Waals surface area contributed by atoms with Gasteiger partial charge in [0, 0.05) is 17.5 Å². The zero-order chi connectivity index (χ0) is 14.1. The highest BCUT2D eigenvalue weighted by Gasteiger charge is 2.22. The Bertz CT molecular complexity index is 635. The molecule has 2 aromatic rings. The Morgan fingerprint density at radius 3 is 2.85 bits per heavy atom. The van der Waals surface area contributed by atoms with Crippen molar-refractivity contribution in [1.82, 2.24) is 0 Å². The molecule has 1 unspecified atom stereocenters. The van der Waals surface area contributed by atoms with Crippen molar-refractivity contribution in [3.8, 4) is 11.5 Å². The van der Waals surface area contributed by atoms with Crippen LogP contribution in [0.15, 0.2) is 36.4 Å². The van der Waals surface area contributed by atoms with E-state index in [2.05, 4.69) is 19.1 Å². The molecule has 1 aliphatic rings. The number of hydrogen-bond donors (Lipinski definition) is 1. The molecule has 2 N–H and O–H groups in total. The fourth-order valence-electron chi connectivity index (χ4n) is 2.75. The molecule has 1 heterocycles. The van der Waals surface area contributed by atoms with Crippen molar-refractivity contribution in [3.63, 3.8) is 0 Å². The van der Waals surface area contributed by atoms with Gasteiger partial charge in [0.25, 0.3) is 0 Å². The second kappa shape index (κ2) is 5.17. The molecule has 3 heteroatoms. The Morgan fingerprint density at radius 1 is 1.20 bits per heavy atom. The molecule has 0 bridgehead atoms. The maximum atomic E-state index is 6.47. The van der Waals surface area contributed by atoms with Crippen LogP contribution in [-0.4, -0.2) is 13.7 Å². The van der Waals surface area contributed by atoms with E-state index in [9.17, 15) is 0 Å². The van der Waals surface area contributed by atoms with Gasteiger partial charge in [-0.1, -0.05) is 35.9 Å². The summed E-state index contributed by atoms with van der Waals surface area (Å²) in [6, 6.07) is 12.0. The first-order valence-corrected chi connectivity index (χ1v) is 6.85. The molecule has 0 aromatic heterocycles. The van der Waals surface area contributed by atoms with Gasteiger partial charge in [0.2, 0.25) is 0 Å². The molecule has 1 aliphatic heterocycles. The van der Waals surface area contributed by atoms with Gasteiger partial charge in [0.15, 0.2) is 0 Å². The summed E-state index contributed by atoms with van der Waals surface area (Å²) in [5, 5.41) is 0. The number of ether oxygens (including phenoxy) is 2. The standard InChI is InChI=1S/C17H19NO2/c1-11-6-7-15(19-2)14(10-11)16(18)13-5-3-4-12-8-9-20-17(12)13/h3-7,10,16H,8-9,18H2,1-2H3. The lowest BCUT2D eigenvalue weighted by atomic mass is 9.95. The molecule has 0 saturated heterocycles. The predicted molar refractivity (Wildman–Crippen MR) is 79.4 cm³/mol. The van der Waals surface area contributed by atoms with Crippen LogP contribution in [0.2, 0.25) is 0 Å². The number of fused-ring (bicyclic) bond motifs is 1. The van der Waals surface area contributed by atoms with Crippen LogP contribution in [0.1, 0.15) is 28.3 Å². The Balaban J connectivity index is 2.07. The van der Waals surface area contributed by atoms with Crippen molar-refractivity contribution in [2.45, 2.75) is 19.4 Å². The van der Waals surface area contributed by atoms with Crippen molar-refractivity contribution in [2.24, 2.45) is 5.73 Å². The van der Waals surface area contributed by atoms with E-state index in [4.69, 9.17) is 15.2 Å². The van der Waals surface area contributed by atoms with Crippen LogP contribution in [-0.2, 0) is 6.42 Å². The summed E-state index contributed by atoms with van der Waals surface area (Å²) in [6.45, 7) is 2.80. The molecule has 0 amide bonds. The van der Waals surface area contributed by atoms with Crippen LogP contribution in [0, 0.1) is 6.92 Å². The smallest absolute Gasteiger partial charge is 0.127 e. The zero-order valence-corrected chi connectivity index (χ0v) is 11.8. The minimum absolute atomic E-state index is 0.238. The van der Waals surface area contributed by atoms with Gasteiger partial charge in [-0.3, -0.25) is 0 Å². The molecular formula is C17H19NO2. The number of para-hydroxylation sites is 1. The third-order valence-electron chi connectivity index (χ3n) is 3.80. The molecule has 3 rings (SSSR count). The Hall–Kier alpha value is -2.00. The third kappa shape index (κ3) is 2.14. The lowest BCUT2D eigenvalue weighted by Gasteiger charge is -2.19.